The lowest BCUT2D eigenvalue weighted by Gasteiger charge is -2.30. The minimum atomic E-state index is -0.132. The van der Waals surface area contributed by atoms with Crippen LogP contribution in [0.25, 0.3) is 0 Å². The van der Waals surface area contributed by atoms with Gasteiger partial charge in [0.2, 0.25) is 0 Å². The molecule has 2 N–H and O–H groups in total. The fourth-order valence-electron chi connectivity index (χ4n) is 3.19. The lowest BCUT2D eigenvalue weighted by atomic mass is 9.78. The maximum atomic E-state index is 11.5. The highest BCUT2D eigenvalue weighted by Gasteiger charge is 2.41. The molecule has 16 heavy (non-hydrogen) atoms. The summed E-state index contributed by atoms with van der Waals surface area (Å²) in [5, 5.41) is 0. The predicted molar refractivity (Wildman–Crippen MR) is 61.9 cm³/mol. The summed E-state index contributed by atoms with van der Waals surface area (Å²) < 4.78 is 4.79. The van der Waals surface area contributed by atoms with Crippen molar-refractivity contribution < 1.29 is 9.53 Å². The molecule has 0 aromatic heterocycles. The Labute approximate surface area is 97.1 Å². The highest BCUT2D eigenvalue weighted by Crippen LogP contribution is 2.36. The van der Waals surface area contributed by atoms with Crippen molar-refractivity contribution in [1.29, 1.82) is 0 Å². The molecule has 2 fully saturated rings. The Balaban J connectivity index is 1.98. The van der Waals surface area contributed by atoms with Crippen LogP contribution in [0.15, 0.2) is 0 Å². The molecule has 4 nitrogen and oxygen atoms in total. The molecule has 0 amide bonds. The van der Waals surface area contributed by atoms with E-state index in [0.717, 1.165) is 19.5 Å². The second-order valence-electron chi connectivity index (χ2n) is 5.17. The molecule has 92 valence electrons. The molecule has 1 saturated heterocycles. The van der Waals surface area contributed by atoms with Gasteiger partial charge in [0, 0.05) is 19.1 Å². The Hall–Kier alpha value is -0.610. The van der Waals surface area contributed by atoms with Crippen molar-refractivity contribution in [2.24, 2.45) is 17.6 Å². The van der Waals surface area contributed by atoms with Crippen LogP contribution in [0.1, 0.15) is 26.2 Å². The molecule has 0 radical (unpaired) electrons. The molecule has 1 aliphatic carbocycles. The van der Waals surface area contributed by atoms with E-state index in [1.807, 2.05) is 6.92 Å². The third-order valence-corrected chi connectivity index (χ3v) is 4.27. The molecule has 1 saturated carbocycles. The first-order valence-electron chi connectivity index (χ1n) is 6.21. The summed E-state index contributed by atoms with van der Waals surface area (Å²) in [7, 11) is 1.45. The average molecular weight is 226 g/mol. The van der Waals surface area contributed by atoms with Crippen LogP contribution in [-0.2, 0) is 9.53 Å². The van der Waals surface area contributed by atoms with E-state index < -0.39 is 0 Å². The molecule has 4 unspecified atom stereocenters. The van der Waals surface area contributed by atoms with Gasteiger partial charge in [-0.05, 0) is 31.6 Å². The molecule has 2 aliphatic rings. The quantitative estimate of drug-likeness (QED) is 0.701. The lowest BCUT2D eigenvalue weighted by molar-refractivity contribution is -0.146. The van der Waals surface area contributed by atoms with Gasteiger partial charge in [-0.1, -0.05) is 6.42 Å². The van der Waals surface area contributed by atoms with Crippen molar-refractivity contribution >= 4 is 5.97 Å². The van der Waals surface area contributed by atoms with Crippen LogP contribution in [0, 0.1) is 11.8 Å². The van der Waals surface area contributed by atoms with Crippen LogP contribution in [0.5, 0.6) is 0 Å². The Kier molecular flexibility index (Phi) is 3.50. The molecule has 4 heteroatoms. The van der Waals surface area contributed by atoms with Gasteiger partial charge in [0.05, 0.1) is 7.11 Å². The number of nitrogens with two attached hydrogens (primary N) is 1. The van der Waals surface area contributed by atoms with Crippen molar-refractivity contribution in [2.45, 2.75) is 38.3 Å². The van der Waals surface area contributed by atoms with E-state index in [-0.39, 0.29) is 12.0 Å². The number of fused-ring (bicyclic) bond motifs is 1. The summed E-state index contributed by atoms with van der Waals surface area (Å²) in [5.74, 6) is 1.14. The summed E-state index contributed by atoms with van der Waals surface area (Å²) in [6.45, 7) is 3.89. The largest absolute Gasteiger partial charge is 0.468 e. The van der Waals surface area contributed by atoms with Gasteiger partial charge in [-0.2, -0.15) is 0 Å². The Bertz CT molecular complexity index is 270. The van der Waals surface area contributed by atoms with Crippen LogP contribution in [0.4, 0.5) is 0 Å². The second kappa shape index (κ2) is 4.72. The topological polar surface area (TPSA) is 55.6 Å². The van der Waals surface area contributed by atoms with E-state index in [4.69, 9.17) is 10.5 Å². The Morgan fingerprint density at radius 3 is 2.81 bits per heavy atom. The van der Waals surface area contributed by atoms with Crippen molar-refractivity contribution in [3.05, 3.63) is 0 Å². The van der Waals surface area contributed by atoms with Crippen LogP contribution in [-0.4, -0.2) is 43.2 Å². The molecule has 2 rings (SSSR count). The van der Waals surface area contributed by atoms with E-state index in [2.05, 4.69) is 4.90 Å². The van der Waals surface area contributed by atoms with Gasteiger partial charge in [0.1, 0.15) is 6.04 Å². The van der Waals surface area contributed by atoms with E-state index in [1.165, 1.54) is 20.0 Å². The average Bonchev–Trinajstić information content (AvgIpc) is 2.72. The predicted octanol–water partition coefficient (Wildman–Crippen LogP) is 0.607. The molecule has 4 atom stereocenters. The number of carbonyl (C=O) groups excluding carboxylic acids is 1. The number of hydrogen-bond acceptors (Lipinski definition) is 4. The molecule has 0 bridgehead atoms. The van der Waals surface area contributed by atoms with Gasteiger partial charge in [0.15, 0.2) is 0 Å². The lowest BCUT2D eigenvalue weighted by Crippen LogP contribution is -2.40. The zero-order chi connectivity index (χ0) is 11.7. The molecule has 0 aromatic rings. The second-order valence-corrected chi connectivity index (χ2v) is 5.17. The maximum absolute atomic E-state index is 11.5. The zero-order valence-corrected chi connectivity index (χ0v) is 10.2. The Morgan fingerprint density at radius 1 is 1.44 bits per heavy atom. The number of ether oxygens (including phenoxy) is 1. The highest BCUT2D eigenvalue weighted by atomic mass is 16.5. The smallest absolute Gasteiger partial charge is 0.322 e. The number of esters is 1. The number of rotatable bonds is 2. The monoisotopic (exact) mass is 226 g/mol. The third-order valence-electron chi connectivity index (χ3n) is 4.27. The minimum absolute atomic E-state index is 0.122. The first-order valence-corrected chi connectivity index (χ1v) is 6.21. The van der Waals surface area contributed by atoms with Gasteiger partial charge < -0.3 is 10.5 Å². The number of hydrogen-bond donors (Lipinski definition) is 1. The van der Waals surface area contributed by atoms with Gasteiger partial charge in [-0.3, -0.25) is 9.69 Å². The number of likely N-dealkylation sites (tertiary alicyclic amines) is 1. The summed E-state index contributed by atoms with van der Waals surface area (Å²) in [5.41, 5.74) is 6.15. The molecule has 1 aliphatic heterocycles. The van der Waals surface area contributed by atoms with Gasteiger partial charge >= 0.3 is 5.97 Å². The number of carbonyl (C=O) groups is 1. The standard InChI is InChI=1S/C12H22N2O2/c1-8(12(15)16-2)14-6-9-4-3-5-11(13)10(9)7-14/h8-11H,3-7,13H2,1-2H3. The van der Waals surface area contributed by atoms with Crippen LogP contribution >= 0.6 is 0 Å². The fraction of sp³-hybridized carbons (Fsp3) is 0.917. The first kappa shape index (κ1) is 11.9. The Morgan fingerprint density at radius 2 is 2.19 bits per heavy atom. The van der Waals surface area contributed by atoms with Crippen molar-refractivity contribution in [3.8, 4) is 0 Å². The number of nitrogens with zero attached hydrogens (tertiary/aromatic N) is 1. The van der Waals surface area contributed by atoms with Crippen molar-refractivity contribution in [2.75, 3.05) is 20.2 Å². The van der Waals surface area contributed by atoms with Crippen LogP contribution in [0.2, 0.25) is 0 Å². The molecule has 0 aromatic carbocycles. The SMILES string of the molecule is COC(=O)C(C)N1CC2CCCC(N)C2C1. The summed E-state index contributed by atoms with van der Waals surface area (Å²) in [6.07, 6.45) is 3.65. The molecular weight excluding hydrogens is 204 g/mol. The van der Waals surface area contributed by atoms with E-state index >= 15 is 0 Å². The van der Waals surface area contributed by atoms with E-state index in [1.54, 1.807) is 0 Å². The summed E-state index contributed by atoms with van der Waals surface area (Å²) in [4.78, 5) is 13.7. The zero-order valence-electron chi connectivity index (χ0n) is 10.2. The summed E-state index contributed by atoms with van der Waals surface area (Å²) >= 11 is 0. The van der Waals surface area contributed by atoms with Gasteiger partial charge in [-0.25, -0.2) is 0 Å². The van der Waals surface area contributed by atoms with Crippen LogP contribution < -0.4 is 5.73 Å². The maximum Gasteiger partial charge on any atom is 0.322 e. The van der Waals surface area contributed by atoms with Crippen LogP contribution in [0.3, 0.4) is 0 Å². The van der Waals surface area contributed by atoms with E-state index in [9.17, 15) is 4.79 Å². The van der Waals surface area contributed by atoms with Crippen molar-refractivity contribution in [1.82, 2.24) is 4.90 Å². The van der Waals surface area contributed by atoms with E-state index in [0.29, 0.717) is 17.9 Å². The fourth-order valence-corrected chi connectivity index (χ4v) is 3.19. The number of methoxy groups -OCH3 is 1. The highest BCUT2D eigenvalue weighted by molar-refractivity contribution is 5.75. The first-order chi connectivity index (χ1) is 7.63. The normalized spacial score (nSPS) is 36.8. The summed E-state index contributed by atoms with van der Waals surface area (Å²) in [6, 6.07) is 0.205. The minimum Gasteiger partial charge on any atom is -0.468 e. The molecule has 1 heterocycles. The third kappa shape index (κ3) is 2.09. The van der Waals surface area contributed by atoms with Crippen molar-refractivity contribution in [3.63, 3.8) is 0 Å². The molecule has 0 spiro atoms. The van der Waals surface area contributed by atoms with Gasteiger partial charge in [0.25, 0.3) is 0 Å². The van der Waals surface area contributed by atoms with Gasteiger partial charge in [-0.15, -0.1) is 0 Å². The molecular formula is C12H22N2O2.